The van der Waals surface area contributed by atoms with Crippen LogP contribution >= 0.6 is 0 Å². The Bertz CT molecular complexity index is 417. The van der Waals surface area contributed by atoms with Crippen LogP contribution in [-0.2, 0) is 0 Å². The van der Waals surface area contributed by atoms with Gasteiger partial charge in [-0.1, -0.05) is 0 Å². The Morgan fingerprint density at radius 3 is 2.37 bits per heavy atom. The van der Waals surface area contributed by atoms with Crippen LogP contribution in [0.25, 0.3) is 0 Å². The van der Waals surface area contributed by atoms with Gasteiger partial charge in [-0.3, -0.25) is 4.90 Å². The summed E-state index contributed by atoms with van der Waals surface area (Å²) in [6, 6.07) is 4.64. The van der Waals surface area contributed by atoms with Gasteiger partial charge in [0.2, 0.25) is 0 Å². The number of aliphatic hydroxyl groups is 1. The van der Waals surface area contributed by atoms with Gasteiger partial charge in [-0.25, -0.2) is 4.39 Å². The van der Waals surface area contributed by atoms with Gasteiger partial charge in [0.15, 0.2) is 0 Å². The van der Waals surface area contributed by atoms with Crippen LogP contribution in [0.3, 0.4) is 0 Å². The van der Waals surface area contributed by atoms with Gasteiger partial charge in [-0.05, 0) is 32.0 Å². The summed E-state index contributed by atoms with van der Waals surface area (Å²) in [5.74, 6) is -0.297. The number of hydrogen-bond acceptors (Lipinski definition) is 4. The van der Waals surface area contributed by atoms with Crippen LogP contribution in [0.5, 0.6) is 0 Å². The normalized spacial score (nSPS) is 17.8. The number of piperazine rings is 1. The standard InChI is InChI=1S/C14H22FN3O/c1-14(2,19)10-17-3-5-18(6-4-17)13-8-11(15)7-12(16)9-13/h7-9,19H,3-6,10,16H2,1-2H3. The van der Waals surface area contributed by atoms with E-state index >= 15 is 0 Å². The van der Waals surface area contributed by atoms with Gasteiger partial charge < -0.3 is 15.7 Å². The molecule has 19 heavy (non-hydrogen) atoms. The van der Waals surface area contributed by atoms with Crippen molar-refractivity contribution >= 4 is 11.4 Å². The second-order valence-corrected chi connectivity index (χ2v) is 5.82. The number of anilines is 2. The van der Waals surface area contributed by atoms with Gasteiger partial charge in [0.05, 0.1) is 5.60 Å². The highest BCUT2D eigenvalue weighted by Crippen LogP contribution is 2.21. The number of β-amino-alcohol motifs (C(OH)–C–C–N with tert-alkyl or cyclic N) is 1. The zero-order valence-electron chi connectivity index (χ0n) is 11.6. The summed E-state index contributed by atoms with van der Waals surface area (Å²) in [4.78, 5) is 4.35. The second kappa shape index (κ2) is 5.35. The first-order valence-corrected chi connectivity index (χ1v) is 6.59. The van der Waals surface area contributed by atoms with E-state index in [4.69, 9.17) is 5.73 Å². The summed E-state index contributed by atoms with van der Waals surface area (Å²) in [5.41, 5.74) is 6.28. The zero-order chi connectivity index (χ0) is 14.0. The Labute approximate surface area is 113 Å². The van der Waals surface area contributed by atoms with Crippen LogP contribution in [0.15, 0.2) is 18.2 Å². The molecular weight excluding hydrogens is 245 g/mol. The van der Waals surface area contributed by atoms with Crippen LogP contribution in [0.4, 0.5) is 15.8 Å². The first kappa shape index (κ1) is 14.1. The van der Waals surface area contributed by atoms with E-state index in [1.54, 1.807) is 6.07 Å². The number of hydrogen-bond donors (Lipinski definition) is 2. The molecule has 2 rings (SSSR count). The monoisotopic (exact) mass is 267 g/mol. The van der Waals surface area contributed by atoms with Gasteiger partial charge in [0.1, 0.15) is 5.82 Å². The SMILES string of the molecule is CC(C)(O)CN1CCN(c2cc(N)cc(F)c2)CC1. The van der Waals surface area contributed by atoms with Gasteiger partial charge in [-0.2, -0.15) is 0 Å². The van der Waals surface area contributed by atoms with Gasteiger partial charge in [0.25, 0.3) is 0 Å². The van der Waals surface area contributed by atoms with Crippen LogP contribution in [-0.4, -0.2) is 48.3 Å². The predicted molar refractivity (Wildman–Crippen MR) is 75.8 cm³/mol. The Kier molecular flexibility index (Phi) is 3.96. The summed E-state index contributed by atoms with van der Waals surface area (Å²) >= 11 is 0. The first-order chi connectivity index (χ1) is 8.83. The number of nitrogens with zero attached hydrogens (tertiary/aromatic N) is 2. The zero-order valence-corrected chi connectivity index (χ0v) is 11.6. The fourth-order valence-corrected chi connectivity index (χ4v) is 2.49. The molecule has 0 amide bonds. The highest BCUT2D eigenvalue weighted by atomic mass is 19.1. The molecule has 1 heterocycles. The van der Waals surface area contributed by atoms with Crippen molar-refractivity contribution in [3.8, 4) is 0 Å². The maximum absolute atomic E-state index is 13.3. The van der Waals surface area contributed by atoms with E-state index in [0.29, 0.717) is 12.2 Å². The van der Waals surface area contributed by atoms with Crippen LogP contribution in [0.2, 0.25) is 0 Å². The highest BCUT2D eigenvalue weighted by Gasteiger charge is 2.23. The molecule has 1 aliphatic rings. The molecule has 4 nitrogen and oxygen atoms in total. The van der Waals surface area contributed by atoms with Crippen molar-refractivity contribution in [3.63, 3.8) is 0 Å². The summed E-state index contributed by atoms with van der Waals surface area (Å²) < 4.78 is 13.3. The third-order valence-corrected chi connectivity index (χ3v) is 3.25. The topological polar surface area (TPSA) is 52.7 Å². The van der Waals surface area contributed by atoms with E-state index in [2.05, 4.69) is 9.80 Å². The molecular formula is C14H22FN3O. The lowest BCUT2D eigenvalue weighted by Crippen LogP contribution is -2.50. The van der Waals surface area contributed by atoms with Crippen molar-refractivity contribution in [2.24, 2.45) is 0 Å². The first-order valence-electron chi connectivity index (χ1n) is 6.59. The van der Waals surface area contributed by atoms with E-state index < -0.39 is 5.60 Å². The van der Waals surface area contributed by atoms with E-state index in [9.17, 15) is 9.50 Å². The molecule has 0 bridgehead atoms. The predicted octanol–water partition coefficient (Wildman–Crippen LogP) is 1.30. The van der Waals surface area contributed by atoms with Crippen LogP contribution < -0.4 is 10.6 Å². The number of benzene rings is 1. The Hall–Kier alpha value is -1.33. The fraction of sp³-hybridized carbons (Fsp3) is 0.571. The molecule has 0 radical (unpaired) electrons. The minimum absolute atomic E-state index is 0.297. The summed E-state index contributed by atoms with van der Waals surface area (Å²) in [6.07, 6.45) is 0. The molecule has 1 aliphatic heterocycles. The van der Waals surface area contributed by atoms with Gasteiger partial charge >= 0.3 is 0 Å². The minimum atomic E-state index is -0.675. The largest absolute Gasteiger partial charge is 0.399 e. The lowest BCUT2D eigenvalue weighted by Gasteiger charge is -2.38. The second-order valence-electron chi connectivity index (χ2n) is 5.82. The summed E-state index contributed by atoms with van der Waals surface area (Å²) in [6.45, 7) is 7.64. The maximum Gasteiger partial charge on any atom is 0.127 e. The van der Waals surface area contributed by atoms with Crippen LogP contribution in [0.1, 0.15) is 13.8 Å². The van der Waals surface area contributed by atoms with E-state index in [0.717, 1.165) is 31.9 Å². The van der Waals surface area contributed by atoms with Crippen LogP contribution in [0, 0.1) is 5.82 Å². The Morgan fingerprint density at radius 1 is 1.21 bits per heavy atom. The lowest BCUT2D eigenvalue weighted by atomic mass is 10.1. The molecule has 1 aromatic carbocycles. The minimum Gasteiger partial charge on any atom is -0.399 e. The third-order valence-electron chi connectivity index (χ3n) is 3.25. The fourth-order valence-electron chi connectivity index (χ4n) is 2.49. The molecule has 0 spiro atoms. The van der Waals surface area contributed by atoms with Crippen molar-refractivity contribution in [1.82, 2.24) is 4.90 Å². The van der Waals surface area contributed by atoms with E-state index in [1.165, 1.54) is 12.1 Å². The average molecular weight is 267 g/mol. The highest BCUT2D eigenvalue weighted by molar-refractivity contribution is 5.56. The molecule has 0 aliphatic carbocycles. The molecule has 1 aromatic rings. The molecule has 0 aromatic heterocycles. The smallest absolute Gasteiger partial charge is 0.127 e. The number of rotatable bonds is 3. The molecule has 0 saturated carbocycles. The maximum atomic E-state index is 13.3. The van der Waals surface area contributed by atoms with Gasteiger partial charge in [-0.15, -0.1) is 0 Å². The van der Waals surface area contributed by atoms with Crippen molar-refractivity contribution < 1.29 is 9.50 Å². The number of halogens is 1. The molecule has 106 valence electrons. The Balaban J connectivity index is 1.96. The molecule has 3 N–H and O–H groups in total. The van der Waals surface area contributed by atoms with Crippen molar-refractivity contribution in [3.05, 3.63) is 24.0 Å². The molecule has 0 atom stereocenters. The third kappa shape index (κ3) is 4.08. The summed E-state index contributed by atoms with van der Waals surface area (Å²) in [7, 11) is 0. The van der Waals surface area contributed by atoms with Gasteiger partial charge in [0, 0.05) is 44.1 Å². The molecule has 1 fully saturated rings. The van der Waals surface area contributed by atoms with E-state index in [1.807, 2.05) is 13.8 Å². The van der Waals surface area contributed by atoms with Crippen molar-refractivity contribution in [2.75, 3.05) is 43.4 Å². The van der Waals surface area contributed by atoms with E-state index in [-0.39, 0.29) is 5.82 Å². The quantitative estimate of drug-likeness (QED) is 0.811. The lowest BCUT2D eigenvalue weighted by molar-refractivity contribution is 0.0345. The number of nitrogens with two attached hydrogens (primary N) is 1. The average Bonchev–Trinajstić information content (AvgIpc) is 2.26. The molecule has 5 heteroatoms. The van der Waals surface area contributed by atoms with Crippen molar-refractivity contribution in [1.29, 1.82) is 0 Å². The van der Waals surface area contributed by atoms with Crippen molar-refractivity contribution in [2.45, 2.75) is 19.4 Å². The number of nitrogen functional groups attached to an aromatic ring is 1. The molecule has 1 saturated heterocycles. The molecule has 0 unspecified atom stereocenters. The Morgan fingerprint density at radius 2 is 1.84 bits per heavy atom. The summed E-state index contributed by atoms with van der Waals surface area (Å²) in [5, 5.41) is 9.80.